The molecule has 0 atom stereocenters. The lowest BCUT2D eigenvalue weighted by molar-refractivity contribution is -0.138. The fraction of sp³-hybridized carbons (Fsp3) is 0.364. The van der Waals surface area contributed by atoms with Gasteiger partial charge in [-0.3, -0.25) is 4.79 Å². The number of alkyl halides is 3. The number of hydrogen-bond acceptors (Lipinski definition) is 1. The van der Waals surface area contributed by atoms with E-state index >= 15 is 0 Å². The molecule has 0 radical (unpaired) electrons. The average molecular weight is 216 g/mol. The van der Waals surface area contributed by atoms with Crippen molar-refractivity contribution in [2.45, 2.75) is 26.9 Å². The summed E-state index contributed by atoms with van der Waals surface area (Å²) >= 11 is 0. The summed E-state index contributed by atoms with van der Waals surface area (Å²) in [6, 6.07) is 2.31. The van der Waals surface area contributed by atoms with Crippen LogP contribution in [0, 0.1) is 13.8 Å². The number of ketones is 1. The molecule has 0 N–H and O–H groups in total. The second-order valence-corrected chi connectivity index (χ2v) is 3.54. The van der Waals surface area contributed by atoms with E-state index in [0.29, 0.717) is 11.1 Å². The molecule has 0 fully saturated rings. The number of carbonyl (C=O) groups is 1. The largest absolute Gasteiger partial charge is 0.416 e. The van der Waals surface area contributed by atoms with E-state index in [1.54, 1.807) is 0 Å². The summed E-state index contributed by atoms with van der Waals surface area (Å²) in [6.45, 7) is 4.20. The summed E-state index contributed by atoms with van der Waals surface area (Å²) in [5, 5.41) is 0. The van der Waals surface area contributed by atoms with Gasteiger partial charge in [-0.2, -0.15) is 13.2 Å². The Morgan fingerprint density at radius 2 is 1.67 bits per heavy atom. The Bertz CT molecular complexity index is 405. The number of benzene rings is 1. The van der Waals surface area contributed by atoms with Gasteiger partial charge in [0.25, 0.3) is 0 Å². The molecule has 0 heterocycles. The molecule has 0 bridgehead atoms. The van der Waals surface area contributed by atoms with E-state index in [0.717, 1.165) is 6.07 Å². The van der Waals surface area contributed by atoms with Crippen molar-refractivity contribution in [3.63, 3.8) is 0 Å². The first-order chi connectivity index (χ1) is 6.73. The van der Waals surface area contributed by atoms with Crippen LogP contribution in [0.5, 0.6) is 0 Å². The molecule has 1 aromatic carbocycles. The van der Waals surface area contributed by atoms with Gasteiger partial charge in [-0.1, -0.05) is 0 Å². The van der Waals surface area contributed by atoms with Crippen LogP contribution in [0.4, 0.5) is 13.2 Å². The first-order valence-electron chi connectivity index (χ1n) is 4.43. The van der Waals surface area contributed by atoms with Gasteiger partial charge in [-0.25, -0.2) is 0 Å². The molecule has 0 amide bonds. The maximum Gasteiger partial charge on any atom is 0.416 e. The van der Waals surface area contributed by atoms with E-state index in [1.807, 2.05) is 0 Å². The Labute approximate surface area is 85.9 Å². The van der Waals surface area contributed by atoms with E-state index in [-0.39, 0.29) is 11.3 Å². The lowest BCUT2D eigenvalue weighted by Gasteiger charge is -2.13. The molecule has 1 aromatic rings. The highest BCUT2D eigenvalue weighted by Crippen LogP contribution is 2.33. The maximum atomic E-state index is 12.5. The Morgan fingerprint density at radius 1 is 1.13 bits per heavy atom. The van der Waals surface area contributed by atoms with Gasteiger partial charge in [0.1, 0.15) is 0 Å². The van der Waals surface area contributed by atoms with Crippen LogP contribution in [0.1, 0.15) is 34.0 Å². The van der Waals surface area contributed by atoms with Crippen LogP contribution in [0.2, 0.25) is 0 Å². The second-order valence-electron chi connectivity index (χ2n) is 3.54. The molecule has 15 heavy (non-hydrogen) atoms. The van der Waals surface area contributed by atoms with Crippen LogP contribution >= 0.6 is 0 Å². The lowest BCUT2D eigenvalue weighted by Crippen LogP contribution is -2.10. The molecule has 0 aliphatic rings. The molecule has 0 saturated carbocycles. The standard InChI is InChI=1S/C11H11F3O/c1-6-5-10(11(12,13)14)7(2)4-9(6)8(3)15/h4-5H,1-3H3. The molecule has 0 aliphatic carbocycles. The summed E-state index contributed by atoms with van der Waals surface area (Å²) in [6.07, 6.45) is -4.36. The summed E-state index contributed by atoms with van der Waals surface area (Å²) in [4.78, 5) is 11.1. The van der Waals surface area contributed by atoms with Crippen molar-refractivity contribution < 1.29 is 18.0 Å². The number of carbonyl (C=O) groups excluding carboxylic acids is 1. The summed E-state index contributed by atoms with van der Waals surface area (Å²) < 4.78 is 37.4. The predicted molar refractivity (Wildman–Crippen MR) is 50.9 cm³/mol. The first kappa shape index (κ1) is 11.8. The fourth-order valence-corrected chi connectivity index (χ4v) is 1.50. The summed E-state index contributed by atoms with van der Waals surface area (Å²) in [5.41, 5.74) is 0.115. The highest BCUT2D eigenvalue weighted by Gasteiger charge is 2.32. The van der Waals surface area contributed by atoms with Crippen molar-refractivity contribution in [2.75, 3.05) is 0 Å². The monoisotopic (exact) mass is 216 g/mol. The van der Waals surface area contributed by atoms with Gasteiger partial charge >= 0.3 is 6.18 Å². The lowest BCUT2D eigenvalue weighted by atomic mass is 9.97. The zero-order valence-electron chi connectivity index (χ0n) is 8.70. The number of Topliss-reactive ketones (excluding diaryl/α,β-unsaturated/α-hetero) is 1. The third kappa shape index (κ3) is 2.37. The Morgan fingerprint density at radius 3 is 2.07 bits per heavy atom. The van der Waals surface area contributed by atoms with E-state index in [4.69, 9.17) is 0 Å². The molecule has 0 spiro atoms. The number of halogens is 3. The molecule has 0 unspecified atom stereocenters. The predicted octanol–water partition coefficient (Wildman–Crippen LogP) is 3.52. The van der Waals surface area contributed by atoms with Crippen molar-refractivity contribution in [2.24, 2.45) is 0 Å². The first-order valence-corrected chi connectivity index (χ1v) is 4.43. The van der Waals surface area contributed by atoms with Crippen LogP contribution in [0.15, 0.2) is 12.1 Å². The van der Waals surface area contributed by atoms with Crippen molar-refractivity contribution in [1.29, 1.82) is 0 Å². The van der Waals surface area contributed by atoms with E-state index in [1.165, 1.54) is 26.8 Å². The van der Waals surface area contributed by atoms with Crippen molar-refractivity contribution in [1.82, 2.24) is 0 Å². The van der Waals surface area contributed by atoms with Crippen molar-refractivity contribution in [3.05, 3.63) is 34.4 Å². The van der Waals surface area contributed by atoms with E-state index < -0.39 is 11.7 Å². The Hall–Kier alpha value is -1.32. The van der Waals surface area contributed by atoms with Gasteiger partial charge in [0, 0.05) is 5.56 Å². The minimum absolute atomic E-state index is 0.0818. The van der Waals surface area contributed by atoms with Crippen LogP contribution in [0.3, 0.4) is 0 Å². The van der Waals surface area contributed by atoms with Crippen LogP contribution in [-0.2, 0) is 6.18 Å². The molecule has 1 nitrogen and oxygen atoms in total. The minimum atomic E-state index is -4.36. The van der Waals surface area contributed by atoms with Gasteiger partial charge in [0.2, 0.25) is 0 Å². The minimum Gasteiger partial charge on any atom is -0.295 e. The third-order valence-electron chi connectivity index (χ3n) is 2.26. The van der Waals surface area contributed by atoms with Gasteiger partial charge in [0.05, 0.1) is 5.56 Å². The Kier molecular flexibility index (Phi) is 2.88. The van der Waals surface area contributed by atoms with Gasteiger partial charge in [0.15, 0.2) is 5.78 Å². The van der Waals surface area contributed by atoms with Gasteiger partial charge in [-0.15, -0.1) is 0 Å². The highest BCUT2D eigenvalue weighted by molar-refractivity contribution is 5.95. The fourth-order valence-electron chi connectivity index (χ4n) is 1.50. The van der Waals surface area contributed by atoms with Crippen molar-refractivity contribution >= 4 is 5.78 Å². The summed E-state index contributed by atoms with van der Waals surface area (Å²) in [5.74, 6) is -0.218. The molecule has 0 aromatic heterocycles. The highest BCUT2D eigenvalue weighted by atomic mass is 19.4. The molecule has 4 heteroatoms. The average Bonchev–Trinajstić information content (AvgIpc) is 2.06. The molecule has 82 valence electrons. The van der Waals surface area contributed by atoms with Gasteiger partial charge < -0.3 is 0 Å². The van der Waals surface area contributed by atoms with Crippen molar-refractivity contribution in [3.8, 4) is 0 Å². The van der Waals surface area contributed by atoms with E-state index in [2.05, 4.69) is 0 Å². The number of rotatable bonds is 1. The number of hydrogen-bond donors (Lipinski definition) is 0. The van der Waals surface area contributed by atoms with Crippen LogP contribution in [0.25, 0.3) is 0 Å². The van der Waals surface area contributed by atoms with Crippen LogP contribution < -0.4 is 0 Å². The quantitative estimate of drug-likeness (QED) is 0.656. The maximum absolute atomic E-state index is 12.5. The second kappa shape index (κ2) is 3.68. The smallest absolute Gasteiger partial charge is 0.295 e. The summed E-state index contributed by atoms with van der Waals surface area (Å²) in [7, 11) is 0. The Balaban J connectivity index is 3.39. The normalized spacial score (nSPS) is 11.6. The number of aryl methyl sites for hydroxylation is 2. The molecule has 0 saturated heterocycles. The topological polar surface area (TPSA) is 17.1 Å². The molecular weight excluding hydrogens is 205 g/mol. The molecule has 0 aliphatic heterocycles. The SMILES string of the molecule is CC(=O)c1cc(C)c(C(F)(F)F)cc1C. The van der Waals surface area contributed by atoms with E-state index in [9.17, 15) is 18.0 Å². The molecular formula is C11H11F3O. The van der Waals surface area contributed by atoms with Gasteiger partial charge in [-0.05, 0) is 44.0 Å². The zero-order chi connectivity index (χ0) is 11.8. The van der Waals surface area contributed by atoms with Crippen LogP contribution in [-0.4, -0.2) is 5.78 Å². The zero-order valence-corrected chi connectivity index (χ0v) is 8.70. The third-order valence-corrected chi connectivity index (χ3v) is 2.26. The molecule has 1 rings (SSSR count).